The number of hydrogen-bond donors (Lipinski definition) is 1. The highest BCUT2D eigenvalue weighted by atomic mass is 32.2. The van der Waals surface area contributed by atoms with Crippen molar-refractivity contribution in [2.24, 2.45) is 0 Å². The Hall–Kier alpha value is -2.99. The van der Waals surface area contributed by atoms with Crippen LogP contribution in [0.3, 0.4) is 0 Å². The second-order valence-corrected chi connectivity index (χ2v) is 12.6. The number of amides is 1. The highest BCUT2D eigenvalue weighted by molar-refractivity contribution is 7.92. The van der Waals surface area contributed by atoms with Gasteiger partial charge in [-0.25, -0.2) is 13.5 Å². The Balaban J connectivity index is 1.36. The van der Waals surface area contributed by atoms with Gasteiger partial charge in [-0.3, -0.25) is 19.6 Å². The maximum atomic E-state index is 12.4. The van der Waals surface area contributed by atoms with E-state index in [0.29, 0.717) is 18.2 Å². The summed E-state index contributed by atoms with van der Waals surface area (Å²) in [6.45, 7) is 6.81. The molecule has 0 spiro atoms. The van der Waals surface area contributed by atoms with E-state index in [-0.39, 0.29) is 19.4 Å². The van der Waals surface area contributed by atoms with Crippen LogP contribution in [0, 0.1) is 0 Å². The fourth-order valence-corrected chi connectivity index (χ4v) is 5.36. The molecule has 1 aliphatic rings. The average Bonchev–Trinajstić information content (AvgIpc) is 3.32. The summed E-state index contributed by atoms with van der Waals surface area (Å²) in [6.07, 6.45) is 4.36. The van der Waals surface area contributed by atoms with Gasteiger partial charge in [0, 0.05) is 44.0 Å². The maximum absolute atomic E-state index is 12.4. The van der Waals surface area contributed by atoms with Gasteiger partial charge in [-0.05, 0) is 55.2 Å². The van der Waals surface area contributed by atoms with Crippen molar-refractivity contribution in [1.29, 1.82) is 0 Å². The molecule has 0 radical (unpaired) electrons. The first-order valence-corrected chi connectivity index (χ1v) is 14.7. The van der Waals surface area contributed by atoms with Crippen molar-refractivity contribution >= 4 is 27.2 Å². The summed E-state index contributed by atoms with van der Waals surface area (Å²) < 4.78 is 36.4. The van der Waals surface area contributed by atoms with Crippen molar-refractivity contribution in [2.45, 2.75) is 31.1 Å². The van der Waals surface area contributed by atoms with Crippen LogP contribution >= 0.6 is 0 Å². The Bertz CT molecular complexity index is 1320. The fraction of sp³-hybridized carbons (Fsp3) is 0.481. The van der Waals surface area contributed by atoms with Crippen LogP contribution in [0.25, 0.3) is 22.0 Å². The van der Waals surface area contributed by atoms with Gasteiger partial charge >= 0.3 is 0 Å². The second-order valence-electron chi connectivity index (χ2n) is 10.0. The van der Waals surface area contributed by atoms with Crippen LogP contribution in [0.1, 0.15) is 19.8 Å². The van der Waals surface area contributed by atoms with E-state index in [9.17, 15) is 18.4 Å². The molecular formula is C27H36N4O6S. The molecule has 2 aromatic carbocycles. The molecule has 3 aromatic rings. The van der Waals surface area contributed by atoms with Gasteiger partial charge in [0.15, 0.2) is 9.84 Å². The van der Waals surface area contributed by atoms with E-state index in [1.807, 2.05) is 42.6 Å². The minimum absolute atomic E-state index is 0.186. The molecule has 1 aromatic heterocycles. The van der Waals surface area contributed by atoms with Crippen LogP contribution in [-0.2, 0) is 25.9 Å². The number of sulfone groups is 1. The molecule has 0 aliphatic carbocycles. The van der Waals surface area contributed by atoms with E-state index in [1.54, 1.807) is 4.68 Å². The van der Waals surface area contributed by atoms with Gasteiger partial charge in [-0.1, -0.05) is 18.2 Å². The lowest BCUT2D eigenvalue weighted by atomic mass is 10.0. The molecule has 38 heavy (non-hydrogen) atoms. The molecule has 0 unspecified atom stereocenters. The number of carbonyl (C=O) groups excluding carboxylic acids is 1. The summed E-state index contributed by atoms with van der Waals surface area (Å²) in [4.78, 5) is 13.2. The van der Waals surface area contributed by atoms with Crippen LogP contribution < -0.4 is 4.74 Å². The average molecular weight is 545 g/mol. The molecule has 11 heteroatoms. The van der Waals surface area contributed by atoms with E-state index >= 15 is 0 Å². The quantitative estimate of drug-likeness (QED) is 0.151. The SMILES string of the molecule is C[C@](CCn1cc2cc(-c3ccc(OCCCN4CCOCC4)cc3)ccc2n1)(CN(O)C=O)S(C)(=O)=O. The van der Waals surface area contributed by atoms with Crippen molar-refractivity contribution in [3.05, 3.63) is 48.7 Å². The van der Waals surface area contributed by atoms with E-state index in [1.165, 1.54) is 6.92 Å². The third-order valence-corrected chi connectivity index (χ3v) is 9.24. The first kappa shape index (κ1) is 28.0. The van der Waals surface area contributed by atoms with E-state index < -0.39 is 14.6 Å². The summed E-state index contributed by atoms with van der Waals surface area (Å²) in [5.41, 5.74) is 2.90. The molecule has 206 valence electrons. The molecule has 1 saturated heterocycles. The summed E-state index contributed by atoms with van der Waals surface area (Å²) >= 11 is 0. The van der Waals surface area contributed by atoms with Crippen LogP contribution in [0.4, 0.5) is 0 Å². The number of aromatic nitrogens is 2. The lowest BCUT2D eigenvalue weighted by molar-refractivity contribution is -0.151. The van der Waals surface area contributed by atoms with Crippen LogP contribution in [0.2, 0.25) is 0 Å². The van der Waals surface area contributed by atoms with Crippen molar-refractivity contribution in [1.82, 2.24) is 19.7 Å². The predicted octanol–water partition coefficient (Wildman–Crippen LogP) is 2.85. The molecule has 10 nitrogen and oxygen atoms in total. The number of hydroxylamine groups is 2. The molecule has 1 N–H and O–H groups in total. The topological polar surface area (TPSA) is 114 Å². The van der Waals surface area contributed by atoms with Crippen LogP contribution in [0.15, 0.2) is 48.7 Å². The van der Waals surface area contributed by atoms with Gasteiger partial charge in [-0.2, -0.15) is 5.10 Å². The monoisotopic (exact) mass is 544 g/mol. The number of carbonyl (C=O) groups is 1. The van der Waals surface area contributed by atoms with Gasteiger partial charge in [0.25, 0.3) is 0 Å². The molecule has 1 aliphatic heterocycles. The molecule has 1 atom stereocenters. The largest absolute Gasteiger partial charge is 0.494 e. The van der Waals surface area contributed by atoms with Gasteiger partial charge in [0.05, 0.1) is 36.6 Å². The third kappa shape index (κ3) is 7.10. The molecule has 1 fully saturated rings. The number of morpholine rings is 1. The number of fused-ring (bicyclic) bond motifs is 1. The highest BCUT2D eigenvalue weighted by Gasteiger charge is 2.37. The molecule has 4 rings (SSSR count). The summed E-state index contributed by atoms with van der Waals surface area (Å²) in [6, 6.07) is 14.0. The number of nitrogens with zero attached hydrogens (tertiary/aromatic N) is 4. The number of hydrogen-bond acceptors (Lipinski definition) is 8. The van der Waals surface area contributed by atoms with Crippen molar-refractivity contribution in [3.8, 4) is 16.9 Å². The Morgan fingerprint density at radius 1 is 1.13 bits per heavy atom. The zero-order valence-electron chi connectivity index (χ0n) is 22.0. The number of aryl methyl sites for hydroxylation is 1. The zero-order chi connectivity index (χ0) is 27.2. The Morgan fingerprint density at radius 2 is 1.84 bits per heavy atom. The lowest BCUT2D eigenvalue weighted by Gasteiger charge is -2.29. The fourth-order valence-electron chi connectivity index (χ4n) is 4.53. The Labute approximate surface area is 223 Å². The normalized spacial score (nSPS) is 16.3. The zero-order valence-corrected chi connectivity index (χ0v) is 22.8. The highest BCUT2D eigenvalue weighted by Crippen LogP contribution is 2.27. The number of rotatable bonds is 13. The minimum atomic E-state index is -3.55. The molecule has 0 bridgehead atoms. The molecule has 1 amide bonds. The lowest BCUT2D eigenvalue weighted by Crippen LogP contribution is -2.45. The first-order chi connectivity index (χ1) is 18.2. The summed E-state index contributed by atoms with van der Waals surface area (Å²) in [7, 11) is -3.55. The first-order valence-electron chi connectivity index (χ1n) is 12.8. The van der Waals surface area contributed by atoms with Gasteiger partial charge < -0.3 is 9.47 Å². The van der Waals surface area contributed by atoms with Crippen LogP contribution in [0.5, 0.6) is 5.75 Å². The molecular weight excluding hydrogens is 508 g/mol. The van der Waals surface area contributed by atoms with E-state index in [0.717, 1.165) is 73.3 Å². The number of ether oxygens (including phenoxy) is 2. The standard InChI is InChI=1S/C27H36N4O6S/c1-27(38(2,34)35,20-31(33)21-32)10-12-30-19-24-18-23(6-9-26(24)28-30)22-4-7-25(8-5-22)37-15-3-11-29-13-16-36-17-14-29/h4-9,18-19,21,33H,3,10-17,20H2,1-2H3/t27-/m0/s1. The number of benzene rings is 2. The van der Waals surface area contributed by atoms with Gasteiger partial charge in [-0.15, -0.1) is 0 Å². The minimum Gasteiger partial charge on any atom is -0.494 e. The third-order valence-electron chi connectivity index (χ3n) is 7.11. The molecule has 0 saturated carbocycles. The van der Waals surface area contributed by atoms with E-state index in [2.05, 4.69) is 16.1 Å². The Morgan fingerprint density at radius 3 is 2.53 bits per heavy atom. The summed E-state index contributed by atoms with van der Waals surface area (Å²) in [5.74, 6) is 0.842. The second kappa shape index (κ2) is 12.2. The van der Waals surface area contributed by atoms with E-state index in [4.69, 9.17) is 9.47 Å². The smallest absolute Gasteiger partial charge is 0.233 e. The van der Waals surface area contributed by atoms with Crippen LogP contribution in [-0.4, -0.2) is 96.8 Å². The maximum Gasteiger partial charge on any atom is 0.233 e. The van der Waals surface area contributed by atoms with Gasteiger partial charge in [0.1, 0.15) is 5.75 Å². The molecule has 2 heterocycles. The van der Waals surface area contributed by atoms with Crippen molar-refractivity contribution in [3.63, 3.8) is 0 Å². The predicted molar refractivity (Wildman–Crippen MR) is 145 cm³/mol. The van der Waals surface area contributed by atoms with Crippen molar-refractivity contribution < 1.29 is 27.9 Å². The van der Waals surface area contributed by atoms with Crippen molar-refractivity contribution in [2.75, 3.05) is 52.3 Å². The van der Waals surface area contributed by atoms with Gasteiger partial charge in [0.2, 0.25) is 6.41 Å². The summed E-state index contributed by atoms with van der Waals surface area (Å²) in [5, 5.41) is 15.5. The Kier molecular flexibility index (Phi) is 9.03.